The summed E-state index contributed by atoms with van der Waals surface area (Å²) in [5.41, 5.74) is 0.911. The van der Waals surface area contributed by atoms with Gasteiger partial charge in [0.25, 0.3) is 11.5 Å². The van der Waals surface area contributed by atoms with Gasteiger partial charge in [-0.15, -0.1) is 0 Å². The lowest BCUT2D eigenvalue weighted by molar-refractivity contribution is 0.0931. The largest absolute Gasteiger partial charge is 0.468 e. The van der Waals surface area contributed by atoms with Crippen LogP contribution in [0.1, 0.15) is 40.7 Å². The Balaban J connectivity index is 1.53. The first-order valence-corrected chi connectivity index (χ1v) is 8.76. The van der Waals surface area contributed by atoms with Crippen LogP contribution < -0.4 is 10.9 Å². The number of carbonyl (C=O) groups is 1. The van der Waals surface area contributed by atoms with Gasteiger partial charge in [0.2, 0.25) is 0 Å². The molecule has 0 aromatic carbocycles. The van der Waals surface area contributed by atoms with Crippen molar-refractivity contribution in [2.45, 2.75) is 25.8 Å². The molecule has 1 atom stereocenters. The molecular weight excluding hydrogens is 334 g/mol. The number of fused-ring (bicyclic) bond motifs is 1. The van der Waals surface area contributed by atoms with Crippen molar-refractivity contribution in [1.82, 2.24) is 24.8 Å². The molecule has 0 saturated carbocycles. The molecule has 1 aliphatic rings. The number of likely N-dealkylation sites (tertiary alicyclic amines) is 1. The minimum absolute atomic E-state index is 0.0176. The first kappa shape index (κ1) is 16.6. The molecule has 136 valence electrons. The number of aromatic amines is 1. The van der Waals surface area contributed by atoms with Gasteiger partial charge in [-0.1, -0.05) is 0 Å². The monoisotopic (exact) mass is 355 g/mol. The maximum Gasteiger partial charge on any atom is 0.285 e. The van der Waals surface area contributed by atoms with Gasteiger partial charge in [-0.25, -0.2) is 9.50 Å². The molecule has 8 heteroatoms. The van der Waals surface area contributed by atoms with Crippen LogP contribution in [0.25, 0.3) is 5.65 Å². The molecule has 1 unspecified atom stereocenters. The number of furan rings is 1. The van der Waals surface area contributed by atoms with Crippen molar-refractivity contribution in [1.29, 1.82) is 0 Å². The van der Waals surface area contributed by atoms with E-state index in [1.807, 2.05) is 19.1 Å². The van der Waals surface area contributed by atoms with Crippen molar-refractivity contribution < 1.29 is 9.21 Å². The summed E-state index contributed by atoms with van der Waals surface area (Å²) in [6.45, 7) is 4.15. The summed E-state index contributed by atoms with van der Waals surface area (Å²) in [6.07, 6.45) is 5.24. The van der Waals surface area contributed by atoms with Crippen molar-refractivity contribution in [3.05, 3.63) is 58.0 Å². The van der Waals surface area contributed by atoms with Gasteiger partial charge in [-0.2, -0.15) is 0 Å². The second-order valence-electron chi connectivity index (χ2n) is 6.59. The minimum atomic E-state index is -0.431. The Morgan fingerprint density at radius 2 is 2.23 bits per heavy atom. The lowest BCUT2D eigenvalue weighted by Gasteiger charge is -2.25. The van der Waals surface area contributed by atoms with E-state index in [0.717, 1.165) is 37.4 Å². The third-order valence-corrected chi connectivity index (χ3v) is 4.78. The van der Waals surface area contributed by atoms with Crippen LogP contribution >= 0.6 is 0 Å². The quantitative estimate of drug-likeness (QED) is 0.723. The number of aromatic nitrogens is 3. The van der Waals surface area contributed by atoms with Gasteiger partial charge in [-0.05, 0) is 45.0 Å². The Bertz CT molecular complexity index is 967. The number of hydrogen-bond donors (Lipinski definition) is 2. The second-order valence-corrected chi connectivity index (χ2v) is 6.59. The highest BCUT2D eigenvalue weighted by Crippen LogP contribution is 2.24. The van der Waals surface area contributed by atoms with Gasteiger partial charge < -0.3 is 9.73 Å². The average molecular weight is 355 g/mol. The van der Waals surface area contributed by atoms with E-state index in [2.05, 4.69) is 20.3 Å². The van der Waals surface area contributed by atoms with Gasteiger partial charge in [0, 0.05) is 24.5 Å². The van der Waals surface area contributed by atoms with Crippen LogP contribution in [0.15, 0.2) is 39.9 Å². The Morgan fingerprint density at radius 1 is 1.42 bits per heavy atom. The normalized spacial score (nSPS) is 16.2. The first-order valence-electron chi connectivity index (χ1n) is 8.76. The molecule has 0 radical (unpaired) electrons. The lowest BCUT2D eigenvalue weighted by Crippen LogP contribution is -2.38. The lowest BCUT2D eigenvalue weighted by atomic mass is 10.2. The Kier molecular flexibility index (Phi) is 4.34. The maximum absolute atomic E-state index is 12.6. The highest BCUT2D eigenvalue weighted by Gasteiger charge is 2.26. The van der Waals surface area contributed by atoms with Gasteiger partial charge in [-0.3, -0.25) is 19.6 Å². The molecule has 1 aliphatic heterocycles. The first-order chi connectivity index (χ1) is 12.6. The van der Waals surface area contributed by atoms with Gasteiger partial charge >= 0.3 is 0 Å². The van der Waals surface area contributed by atoms with E-state index in [9.17, 15) is 9.59 Å². The van der Waals surface area contributed by atoms with Crippen LogP contribution in [0, 0.1) is 6.92 Å². The Hall–Kier alpha value is -2.87. The fourth-order valence-corrected chi connectivity index (χ4v) is 3.46. The molecule has 26 heavy (non-hydrogen) atoms. The standard InChI is InChI=1S/C18H21N5O3/c1-12-9-16-19-10-13(18(25)23(16)21-12)17(24)20-11-14(15-5-4-8-26-15)22-6-2-3-7-22/h4-5,8-10,14,21H,2-3,6-7,11H2,1H3,(H,20,24). The smallest absolute Gasteiger partial charge is 0.285 e. The molecule has 8 nitrogen and oxygen atoms in total. The zero-order valence-electron chi connectivity index (χ0n) is 14.6. The third kappa shape index (κ3) is 3.03. The SMILES string of the molecule is Cc1cc2ncc(C(=O)NCC(c3ccco3)N3CCCC3)c(=O)n2[nH]1. The highest BCUT2D eigenvalue weighted by atomic mass is 16.3. The fraction of sp³-hybridized carbons (Fsp3) is 0.389. The van der Waals surface area contributed by atoms with Gasteiger partial charge in [0.15, 0.2) is 5.65 Å². The second kappa shape index (κ2) is 6.80. The molecule has 1 amide bonds. The minimum Gasteiger partial charge on any atom is -0.468 e. The summed E-state index contributed by atoms with van der Waals surface area (Å²) in [5, 5.41) is 5.76. The number of nitrogens with one attached hydrogen (secondary N) is 2. The van der Waals surface area contributed by atoms with Crippen LogP contribution in [0.2, 0.25) is 0 Å². The number of aryl methyl sites for hydroxylation is 1. The topological polar surface area (TPSA) is 95.6 Å². The molecule has 3 aromatic rings. The zero-order valence-corrected chi connectivity index (χ0v) is 14.6. The van der Waals surface area contributed by atoms with Gasteiger partial charge in [0.05, 0.1) is 12.3 Å². The number of amides is 1. The molecule has 3 aromatic heterocycles. The van der Waals surface area contributed by atoms with E-state index >= 15 is 0 Å². The van der Waals surface area contributed by atoms with E-state index in [0.29, 0.717) is 12.2 Å². The van der Waals surface area contributed by atoms with E-state index < -0.39 is 11.5 Å². The summed E-state index contributed by atoms with van der Waals surface area (Å²) in [7, 11) is 0. The Morgan fingerprint density at radius 3 is 2.96 bits per heavy atom. The summed E-state index contributed by atoms with van der Waals surface area (Å²) >= 11 is 0. The molecule has 2 N–H and O–H groups in total. The van der Waals surface area contributed by atoms with Crippen molar-refractivity contribution >= 4 is 11.6 Å². The number of carbonyl (C=O) groups excluding carboxylic acids is 1. The number of H-pyrrole nitrogens is 1. The molecule has 4 heterocycles. The van der Waals surface area contributed by atoms with E-state index in [-0.39, 0.29) is 11.6 Å². The summed E-state index contributed by atoms with van der Waals surface area (Å²) in [6, 6.07) is 5.48. The molecule has 0 spiro atoms. The number of nitrogens with zero attached hydrogens (tertiary/aromatic N) is 3. The van der Waals surface area contributed by atoms with Crippen molar-refractivity contribution in [2.24, 2.45) is 0 Å². The summed E-state index contributed by atoms with van der Waals surface area (Å²) in [5.74, 6) is 0.386. The average Bonchev–Trinajstić information content (AvgIpc) is 3.36. The predicted octanol–water partition coefficient (Wildman–Crippen LogP) is 1.49. The highest BCUT2D eigenvalue weighted by molar-refractivity contribution is 5.93. The number of hydrogen-bond acceptors (Lipinski definition) is 5. The van der Waals surface area contributed by atoms with E-state index in [4.69, 9.17) is 4.42 Å². The van der Waals surface area contributed by atoms with E-state index in [1.54, 1.807) is 12.3 Å². The van der Waals surface area contributed by atoms with Crippen LogP contribution in [0.3, 0.4) is 0 Å². The van der Waals surface area contributed by atoms with Crippen molar-refractivity contribution in [2.75, 3.05) is 19.6 Å². The molecule has 1 saturated heterocycles. The van der Waals surface area contributed by atoms with Crippen molar-refractivity contribution in [3.8, 4) is 0 Å². The van der Waals surface area contributed by atoms with Crippen LogP contribution in [-0.4, -0.2) is 45.0 Å². The van der Waals surface area contributed by atoms with Crippen LogP contribution in [-0.2, 0) is 0 Å². The van der Waals surface area contributed by atoms with Crippen LogP contribution in [0.4, 0.5) is 0 Å². The van der Waals surface area contributed by atoms with E-state index in [1.165, 1.54) is 10.7 Å². The van der Waals surface area contributed by atoms with Crippen LogP contribution in [0.5, 0.6) is 0 Å². The third-order valence-electron chi connectivity index (χ3n) is 4.78. The zero-order chi connectivity index (χ0) is 18.1. The molecule has 1 fully saturated rings. The van der Waals surface area contributed by atoms with Crippen molar-refractivity contribution in [3.63, 3.8) is 0 Å². The maximum atomic E-state index is 12.6. The summed E-state index contributed by atoms with van der Waals surface area (Å²) in [4.78, 5) is 31.6. The molecule has 4 rings (SSSR count). The summed E-state index contributed by atoms with van der Waals surface area (Å²) < 4.78 is 6.84. The Labute approximate surface area is 149 Å². The molecule has 0 aliphatic carbocycles. The van der Waals surface area contributed by atoms with Gasteiger partial charge in [0.1, 0.15) is 11.3 Å². The predicted molar refractivity (Wildman–Crippen MR) is 95.1 cm³/mol. The molecular formula is C18H21N5O3. The fourth-order valence-electron chi connectivity index (χ4n) is 3.46. The number of rotatable bonds is 5. The molecule has 0 bridgehead atoms.